The van der Waals surface area contributed by atoms with Crippen LogP contribution >= 0.6 is 0 Å². The lowest BCUT2D eigenvalue weighted by Crippen LogP contribution is -2.59. The second kappa shape index (κ2) is 8.46. The highest BCUT2D eigenvalue weighted by molar-refractivity contribution is 5.91. The van der Waals surface area contributed by atoms with Gasteiger partial charge in [-0.1, -0.05) is 19.4 Å². The van der Waals surface area contributed by atoms with Crippen molar-refractivity contribution in [2.75, 3.05) is 6.61 Å². The minimum Gasteiger partial charge on any atom is -0.394 e. The summed E-state index contributed by atoms with van der Waals surface area (Å²) >= 11 is 0. The minimum absolute atomic E-state index is 0.112. The molecule has 0 aromatic rings. The predicted octanol–water partition coefficient (Wildman–Crippen LogP) is 0.533. The molecule has 1 fully saturated rings. The number of carbonyl (C=O) groups is 1. The first-order valence-corrected chi connectivity index (χ1v) is 9.23. The van der Waals surface area contributed by atoms with E-state index in [0.717, 1.165) is 12.0 Å². The second-order valence-corrected chi connectivity index (χ2v) is 8.29. The zero-order valence-corrected chi connectivity index (χ0v) is 16.0. The number of aliphatic hydroxyl groups is 4. The Morgan fingerprint density at radius 1 is 1.27 bits per heavy atom. The van der Waals surface area contributed by atoms with Gasteiger partial charge in [0, 0.05) is 6.42 Å². The standard InChI is InChI=1S/C19H32O7/c1-10-7-12(21)8-19(3,4)13(10)6-5-11(2)25-18-17(24)16(23)15(22)14(9-20)26-18/h7,11,13-18,20,22-24H,5-6,8-9H2,1-4H3/t11-,13-,14+,15-,16-,17+,18+/m0/s1. The average Bonchev–Trinajstić information content (AvgIpc) is 2.53. The van der Waals surface area contributed by atoms with E-state index in [-0.39, 0.29) is 23.2 Å². The van der Waals surface area contributed by atoms with Gasteiger partial charge in [-0.3, -0.25) is 4.79 Å². The van der Waals surface area contributed by atoms with E-state index in [4.69, 9.17) is 9.47 Å². The Labute approximate surface area is 154 Å². The van der Waals surface area contributed by atoms with Crippen LogP contribution in [0.1, 0.15) is 47.0 Å². The van der Waals surface area contributed by atoms with E-state index in [1.807, 2.05) is 13.8 Å². The van der Waals surface area contributed by atoms with Crippen LogP contribution < -0.4 is 0 Å². The largest absolute Gasteiger partial charge is 0.394 e. The van der Waals surface area contributed by atoms with Crippen LogP contribution in [0.4, 0.5) is 0 Å². The van der Waals surface area contributed by atoms with Gasteiger partial charge in [0.25, 0.3) is 0 Å². The maximum atomic E-state index is 11.8. The number of carbonyl (C=O) groups excluding carboxylic acids is 1. The number of hydrogen-bond acceptors (Lipinski definition) is 7. The topological polar surface area (TPSA) is 116 Å². The molecule has 0 aromatic heterocycles. The van der Waals surface area contributed by atoms with Crippen molar-refractivity contribution in [3.05, 3.63) is 11.6 Å². The van der Waals surface area contributed by atoms with Crippen molar-refractivity contribution in [3.8, 4) is 0 Å². The molecule has 0 aromatic carbocycles. The Morgan fingerprint density at radius 3 is 2.50 bits per heavy atom. The molecule has 1 aliphatic heterocycles. The fourth-order valence-electron chi connectivity index (χ4n) is 4.09. The van der Waals surface area contributed by atoms with E-state index in [9.17, 15) is 25.2 Å². The summed E-state index contributed by atoms with van der Waals surface area (Å²) in [6.07, 6.45) is -2.82. The normalized spacial score (nSPS) is 38.8. The molecule has 0 unspecified atom stereocenters. The van der Waals surface area contributed by atoms with Crippen LogP contribution in [0.15, 0.2) is 11.6 Å². The molecule has 2 rings (SSSR count). The molecule has 0 amide bonds. The highest BCUT2D eigenvalue weighted by Gasteiger charge is 2.44. The van der Waals surface area contributed by atoms with Gasteiger partial charge in [0.15, 0.2) is 12.1 Å². The Hall–Kier alpha value is -0.830. The van der Waals surface area contributed by atoms with Crippen molar-refractivity contribution < 1.29 is 34.7 Å². The number of ketones is 1. The summed E-state index contributed by atoms with van der Waals surface area (Å²) in [7, 11) is 0. The lowest BCUT2D eigenvalue weighted by atomic mass is 9.66. The number of aliphatic hydroxyl groups excluding tert-OH is 4. The summed E-state index contributed by atoms with van der Waals surface area (Å²) < 4.78 is 11.1. The third-order valence-corrected chi connectivity index (χ3v) is 5.59. The van der Waals surface area contributed by atoms with Crippen molar-refractivity contribution in [1.29, 1.82) is 0 Å². The number of allylic oxidation sites excluding steroid dienone is 2. The average molecular weight is 372 g/mol. The molecule has 1 aliphatic carbocycles. The molecule has 7 atom stereocenters. The molecule has 1 saturated heterocycles. The van der Waals surface area contributed by atoms with Crippen molar-refractivity contribution >= 4 is 5.78 Å². The number of rotatable bonds is 6. The van der Waals surface area contributed by atoms with Gasteiger partial charge in [-0.05, 0) is 44.1 Å². The van der Waals surface area contributed by atoms with Crippen LogP contribution in [-0.4, -0.2) is 69.6 Å². The zero-order chi connectivity index (χ0) is 19.6. The van der Waals surface area contributed by atoms with Gasteiger partial charge in [0.05, 0.1) is 12.7 Å². The lowest BCUT2D eigenvalue weighted by Gasteiger charge is -2.41. The summed E-state index contributed by atoms with van der Waals surface area (Å²) in [5.74, 6) is 0.426. The van der Waals surface area contributed by atoms with E-state index >= 15 is 0 Å². The van der Waals surface area contributed by atoms with Gasteiger partial charge in [-0.2, -0.15) is 0 Å². The SMILES string of the molecule is CC1=CC(=O)CC(C)(C)[C@H]1CC[C@H](C)O[C@@H]1O[C@H](CO)[C@H](O)[C@H](O)[C@H]1O. The molecule has 0 spiro atoms. The zero-order valence-electron chi connectivity index (χ0n) is 16.0. The van der Waals surface area contributed by atoms with Crippen molar-refractivity contribution in [2.24, 2.45) is 11.3 Å². The van der Waals surface area contributed by atoms with Crippen molar-refractivity contribution in [1.82, 2.24) is 0 Å². The monoisotopic (exact) mass is 372 g/mol. The summed E-state index contributed by atoms with van der Waals surface area (Å²) in [5, 5.41) is 38.9. The van der Waals surface area contributed by atoms with E-state index < -0.39 is 37.3 Å². The van der Waals surface area contributed by atoms with Crippen LogP contribution in [0.25, 0.3) is 0 Å². The van der Waals surface area contributed by atoms with Gasteiger partial charge in [-0.15, -0.1) is 0 Å². The maximum Gasteiger partial charge on any atom is 0.186 e. The maximum absolute atomic E-state index is 11.8. The smallest absolute Gasteiger partial charge is 0.186 e. The van der Waals surface area contributed by atoms with Crippen LogP contribution in [-0.2, 0) is 14.3 Å². The fourth-order valence-corrected chi connectivity index (χ4v) is 4.09. The Morgan fingerprint density at radius 2 is 1.92 bits per heavy atom. The third kappa shape index (κ3) is 4.71. The summed E-state index contributed by atoms with van der Waals surface area (Å²) in [6, 6.07) is 0. The highest BCUT2D eigenvalue weighted by Crippen LogP contribution is 2.42. The predicted molar refractivity (Wildman–Crippen MR) is 94.2 cm³/mol. The van der Waals surface area contributed by atoms with Crippen molar-refractivity contribution in [3.63, 3.8) is 0 Å². The second-order valence-electron chi connectivity index (χ2n) is 8.29. The Kier molecular flexibility index (Phi) is 6.98. The molecule has 2 aliphatic rings. The van der Waals surface area contributed by atoms with E-state index in [1.165, 1.54) is 0 Å². The van der Waals surface area contributed by atoms with Gasteiger partial charge in [-0.25, -0.2) is 0 Å². The van der Waals surface area contributed by atoms with Gasteiger partial charge in [0.1, 0.15) is 24.4 Å². The molecule has 26 heavy (non-hydrogen) atoms. The third-order valence-electron chi connectivity index (χ3n) is 5.59. The highest BCUT2D eigenvalue weighted by atomic mass is 16.7. The molecular weight excluding hydrogens is 340 g/mol. The van der Waals surface area contributed by atoms with Gasteiger partial charge in [0.2, 0.25) is 0 Å². The van der Waals surface area contributed by atoms with Crippen LogP contribution in [0.5, 0.6) is 0 Å². The fraction of sp³-hybridized carbons (Fsp3) is 0.842. The molecule has 7 nitrogen and oxygen atoms in total. The molecule has 0 saturated carbocycles. The molecule has 1 heterocycles. The van der Waals surface area contributed by atoms with Crippen LogP contribution in [0.3, 0.4) is 0 Å². The molecule has 0 bridgehead atoms. The molecule has 0 radical (unpaired) electrons. The summed E-state index contributed by atoms with van der Waals surface area (Å²) in [5.41, 5.74) is 0.963. The first-order valence-electron chi connectivity index (χ1n) is 9.23. The number of hydrogen-bond donors (Lipinski definition) is 4. The summed E-state index contributed by atoms with van der Waals surface area (Å²) in [6.45, 7) is 7.53. The van der Waals surface area contributed by atoms with E-state index in [0.29, 0.717) is 12.8 Å². The first-order chi connectivity index (χ1) is 12.1. The Bertz CT molecular complexity index is 528. The minimum atomic E-state index is -1.44. The summed E-state index contributed by atoms with van der Waals surface area (Å²) in [4.78, 5) is 11.8. The molecule has 150 valence electrons. The molecule has 7 heteroatoms. The van der Waals surface area contributed by atoms with Crippen LogP contribution in [0, 0.1) is 11.3 Å². The first kappa shape index (κ1) is 21.5. The van der Waals surface area contributed by atoms with Gasteiger partial charge >= 0.3 is 0 Å². The van der Waals surface area contributed by atoms with E-state index in [2.05, 4.69) is 13.8 Å². The lowest BCUT2D eigenvalue weighted by molar-refractivity contribution is -0.310. The van der Waals surface area contributed by atoms with Crippen molar-refractivity contribution in [2.45, 2.75) is 83.8 Å². The molecular formula is C19H32O7. The van der Waals surface area contributed by atoms with E-state index in [1.54, 1.807) is 6.08 Å². The quantitative estimate of drug-likeness (QED) is 0.537. The van der Waals surface area contributed by atoms with Gasteiger partial charge < -0.3 is 29.9 Å². The molecule has 4 N–H and O–H groups in total. The Balaban J connectivity index is 1.93. The number of ether oxygens (including phenoxy) is 2. The van der Waals surface area contributed by atoms with Crippen LogP contribution in [0.2, 0.25) is 0 Å².